The SMILES string of the molecule is O=C(Nc1ccc(NC(=O)c2cccs2)cc1)c1ccc(CS(=O)(=O)c2ccccc2)o1. The lowest BCUT2D eigenvalue weighted by molar-refractivity contribution is 0.0993. The molecule has 0 aliphatic carbocycles. The zero-order chi connectivity index (χ0) is 22.6. The molecule has 2 aromatic carbocycles. The van der Waals surface area contributed by atoms with Gasteiger partial charge in [0.1, 0.15) is 11.5 Å². The number of benzene rings is 2. The van der Waals surface area contributed by atoms with Gasteiger partial charge in [-0.1, -0.05) is 24.3 Å². The second-order valence-corrected chi connectivity index (χ2v) is 9.74. The Bertz CT molecular complexity index is 1330. The summed E-state index contributed by atoms with van der Waals surface area (Å²) >= 11 is 1.35. The van der Waals surface area contributed by atoms with Gasteiger partial charge in [0.2, 0.25) is 0 Å². The van der Waals surface area contributed by atoms with E-state index in [9.17, 15) is 18.0 Å². The molecule has 0 saturated carbocycles. The van der Waals surface area contributed by atoms with Gasteiger partial charge in [-0.05, 0) is 60.0 Å². The Morgan fingerprint density at radius 2 is 1.44 bits per heavy atom. The molecule has 4 rings (SSSR count). The van der Waals surface area contributed by atoms with Crippen LogP contribution in [-0.2, 0) is 15.6 Å². The summed E-state index contributed by atoms with van der Waals surface area (Å²) in [4.78, 5) is 25.3. The van der Waals surface area contributed by atoms with E-state index in [1.165, 1.54) is 35.6 Å². The van der Waals surface area contributed by atoms with Crippen LogP contribution in [0.5, 0.6) is 0 Å². The van der Waals surface area contributed by atoms with Crippen molar-refractivity contribution in [3.05, 3.63) is 101 Å². The predicted molar refractivity (Wildman–Crippen MR) is 123 cm³/mol. The van der Waals surface area contributed by atoms with E-state index in [4.69, 9.17) is 4.42 Å². The number of furan rings is 1. The van der Waals surface area contributed by atoms with Crippen LogP contribution in [0.25, 0.3) is 0 Å². The molecule has 0 fully saturated rings. The van der Waals surface area contributed by atoms with Gasteiger partial charge < -0.3 is 15.1 Å². The van der Waals surface area contributed by atoms with E-state index in [1.54, 1.807) is 54.6 Å². The van der Waals surface area contributed by atoms with Crippen LogP contribution < -0.4 is 10.6 Å². The van der Waals surface area contributed by atoms with Gasteiger partial charge >= 0.3 is 0 Å². The fourth-order valence-electron chi connectivity index (χ4n) is 2.91. The molecule has 0 atom stereocenters. The zero-order valence-corrected chi connectivity index (χ0v) is 18.3. The van der Waals surface area contributed by atoms with E-state index in [1.807, 2.05) is 5.38 Å². The van der Waals surface area contributed by atoms with E-state index >= 15 is 0 Å². The van der Waals surface area contributed by atoms with E-state index in [-0.39, 0.29) is 28.1 Å². The molecule has 32 heavy (non-hydrogen) atoms. The van der Waals surface area contributed by atoms with Gasteiger partial charge in [-0.3, -0.25) is 9.59 Å². The van der Waals surface area contributed by atoms with Crippen molar-refractivity contribution in [3.63, 3.8) is 0 Å². The Morgan fingerprint density at radius 1 is 0.781 bits per heavy atom. The standard InChI is InChI=1S/C23H18N2O5S2/c26-22(20-13-12-18(30-20)15-32(28,29)19-5-2-1-3-6-19)24-16-8-10-17(11-9-16)25-23(27)21-7-4-14-31-21/h1-14H,15H2,(H,24,26)(H,25,27). The summed E-state index contributed by atoms with van der Waals surface area (Å²) in [6.07, 6.45) is 0. The van der Waals surface area contributed by atoms with Gasteiger partial charge in [0, 0.05) is 11.4 Å². The average Bonchev–Trinajstić information content (AvgIpc) is 3.48. The number of carbonyl (C=O) groups is 2. The predicted octanol–water partition coefficient (Wildman–Crippen LogP) is 4.82. The minimum absolute atomic E-state index is 0.00154. The summed E-state index contributed by atoms with van der Waals surface area (Å²) < 4.78 is 30.4. The third-order valence-corrected chi connectivity index (χ3v) is 6.99. The number of nitrogens with one attached hydrogen (secondary N) is 2. The van der Waals surface area contributed by atoms with Crippen LogP contribution in [0, 0.1) is 0 Å². The van der Waals surface area contributed by atoms with E-state index in [0.29, 0.717) is 16.3 Å². The molecule has 0 aliphatic rings. The van der Waals surface area contributed by atoms with E-state index in [2.05, 4.69) is 10.6 Å². The van der Waals surface area contributed by atoms with Gasteiger partial charge in [0.15, 0.2) is 15.6 Å². The number of thiophene rings is 1. The van der Waals surface area contributed by atoms with Crippen molar-refractivity contribution >= 4 is 44.4 Å². The summed E-state index contributed by atoms with van der Waals surface area (Å²) in [7, 11) is -3.57. The Labute approximate surface area is 188 Å². The number of hydrogen-bond donors (Lipinski definition) is 2. The normalized spacial score (nSPS) is 11.1. The molecule has 0 aliphatic heterocycles. The van der Waals surface area contributed by atoms with Crippen molar-refractivity contribution < 1.29 is 22.4 Å². The minimum atomic E-state index is -3.57. The number of carbonyl (C=O) groups excluding carboxylic acids is 2. The van der Waals surface area contributed by atoms with Crippen molar-refractivity contribution in [1.82, 2.24) is 0 Å². The van der Waals surface area contributed by atoms with Crippen molar-refractivity contribution in [2.45, 2.75) is 10.6 Å². The van der Waals surface area contributed by atoms with Crippen LogP contribution >= 0.6 is 11.3 Å². The van der Waals surface area contributed by atoms with Gasteiger partial charge in [-0.25, -0.2) is 8.42 Å². The fraction of sp³-hybridized carbons (Fsp3) is 0.0435. The summed E-state index contributed by atoms with van der Waals surface area (Å²) in [5.41, 5.74) is 1.09. The Morgan fingerprint density at radius 3 is 2.06 bits per heavy atom. The third kappa shape index (κ3) is 5.13. The van der Waals surface area contributed by atoms with E-state index in [0.717, 1.165) is 0 Å². The monoisotopic (exact) mass is 466 g/mol. The summed E-state index contributed by atoms with van der Waals surface area (Å²) in [6, 6.07) is 21.1. The van der Waals surface area contributed by atoms with Gasteiger partial charge in [-0.15, -0.1) is 11.3 Å². The highest BCUT2D eigenvalue weighted by Gasteiger charge is 2.19. The third-order valence-electron chi connectivity index (χ3n) is 4.47. The highest BCUT2D eigenvalue weighted by Crippen LogP contribution is 2.20. The molecule has 7 nitrogen and oxygen atoms in total. The molecule has 0 unspecified atom stereocenters. The zero-order valence-electron chi connectivity index (χ0n) is 16.6. The van der Waals surface area contributed by atoms with Crippen molar-refractivity contribution in [2.75, 3.05) is 10.6 Å². The molecular formula is C23H18N2O5S2. The van der Waals surface area contributed by atoms with Gasteiger partial charge in [0.05, 0.1) is 9.77 Å². The van der Waals surface area contributed by atoms with Crippen LogP contribution in [-0.4, -0.2) is 20.2 Å². The molecule has 162 valence electrons. The van der Waals surface area contributed by atoms with Crippen molar-refractivity contribution in [1.29, 1.82) is 0 Å². The molecule has 0 saturated heterocycles. The quantitative estimate of drug-likeness (QED) is 0.406. The van der Waals surface area contributed by atoms with Crippen LogP contribution in [0.4, 0.5) is 11.4 Å². The van der Waals surface area contributed by atoms with Crippen LogP contribution in [0.1, 0.15) is 26.0 Å². The topological polar surface area (TPSA) is 105 Å². The molecule has 4 aromatic rings. The maximum absolute atomic E-state index is 12.5. The number of sulfone groups is 1. The molecule has 2 heterocycles. The molecular weight excluding hydrogens is 448 g/mol. The Kier molecular flexibility index (Phi) is 6.20. The Balaban J connectivity index is 1.37. The second kappa shape index (κ2) is 9.21. The first-order valence-electron chi connectivity index (χ1n) is 9.53. The largest absolute Gasteiger partial charge is 0.455 e. The van der Waals surface area contributed by atoms with Crippen LogP contribution in [0.3, 0.4) is 0 Å². The van der Waals surface area contributed by atoms with Crippen LogP contribution in [0.15, 0.2) is 93.6 Å². The molecule has 2 N–H and O–H groups in total. The first kappa shape index (κ1) is 21.5. The number of anilines is 2. The van der Waals surface area contributed by atoms with Crippen molar-refractivity contribution in [2.24, 2.45) is 0 Å². The van der Waals surface area contributed by atoms with Gasteiger partial charge in [-0.2, -0.15) is 0 Å². The van der Waals surface area contributed by atoms with Crippen LogP contribution in [0.2, 0.25) is 0 Å². The highest BCUT2D eigenvalue weighted by atomic mass is 32.2. The highest BCUT2D eigenvalue weighted by molar-refractivity contribution is 7.90. The lowest BCUT2D eigenvalue weighted by Gasteiger charge is -2.06. The minimum Gasteiger partial charge on any atom is -0.455 e. The van der Waals surface area contributed by atoms with Gasteiger partial charge in [0.25, 0.3) is 11.8 Å². The summed E-state index contributed by atoms with van der Waals surface area (Å²) in [5, 5.41) is 7.28. The molecule has 9 heteroatoms. The Hall–Kier alpha value is -3.69. The molecule has 0 spiro atoms. The summed E-state index contributed by atoms with van der Waals surface area (Å²) in [6.45, 7) is 0. The number of rotatable bonds is 7. The maximum atomic E-state index is 12.5. The molecule has 2 aromatic heterocycles. The second-order valence-electron chi connectivity index (χ2n) is 6.80. The number of amides is 2. The van der Waals surface area contributed by atoms with E-state index < -0.39 is 15.7 Å². The first-order chi connectivity index (χ1) is 15.4. The number of hydrogen-bond acceptors (Lipinski definition) is 6. The summed E-state index contributed by atoms with van der Waals surface area (Å²) in [5.74, 6) is -0.888. The first-order valence-corrected chi connectivity index (χ1v) is 12.1. The molecule has 2 amide bonds. The molecule has 0 radical (unpaired) electrons. The lowest BCUT2D eigenvalue weighted by atomic mass is 10.2. The van der Waals surface area contributed by atoms with Crippen molar-refractivity contribution in [3.8, 4) is 0 Å². The average molecular weight is 467 g/mol. The smallest absolute Gasteiger partial charge is 0.291 e. The maximum Gasteiger partial charge on any atom is 0.291 e. The molecule has 0 bridgehead atoms. The lowest BCUT2D eigenvalue weighted by Crippen LogP contribution is -2.12. The fourth-order valence-corrected chi connectivity index (χ4v) is 4.79.